The van der Waals surface area contributed by atoms with E-state index in [1.54, 1.807) is 18.3 Å². The van der Waals surface area contributed by atoms with Crippen molar-refractivity contribution in [2.45, 2.75) is 19.5 Å². The van der Waals surface area contributed by atoms with Crippen LogP contribution in [0, 0.1) is 0 Å². The molecule has 112 valence electrons. The monoisotopic (exact) mass is 307 g/mol. The van der Waals surface area contributed by atoms with Gasteiger partial charge in [0.25, 0.3) is 0 Å². The Kier molecular flexibility index (Phi) is 4.87. The quantitative estimate of drug-likeness (QED) is 0.935. The van der Waals surface area contributed by atoms with E-state index in [2.05, 4.69) is 15.0 Å². The molecule has 0 saturated heterocycles. The predicted molar refractivity (Wildman–Crippen MR) is 81.1 cm³/mol. The fraction of sp³-hybridized carbons (Fsp3) is 0.357. The number of para-hydroxylation sites is 1. The summed E-state index contributed by atoms with van der Waals surface area (Å²) in [4.78, 5) is 29.2. The molecule has 2 amide bonds. The number of nitrogens with zero attached hydrogens (tertiary/aromatic N) is 2. The molecule has 6 nitrogen and oxygen atoms in total. The fourth-order valence-corrected chi connectivity index (χ4v) is 2.82. The Labute approximate surface area is 126 Å². The molecule has 21 heavy (non-hydrogen) atoms. The van der Waals surface area contributed by atoms with Gasteiger partial charge in [-0.2, -0.15) is 0 Å². The normalized spacial score (nSPS) is 12.4. The molecule has 1 heterocycles. The molecule has 0 aliphatic rings. The minimum atomic E-state index is -0.750. The van der Waals surface area contributed by atoms with Gasteiger partial charge in [-0.05, 0) is 26.1 Å². The molecule has 0 unspecified atom stereocenters. The van der Waals surface area contributed by atoms with E-state index in [4.69, 9.17) is 0 Å². The van der Waals surface area contributed by atoms with Crippen molar-refractivity contribution in [2.24, 2.45) is 0 Å². The van der Waals surface area contributed by atoms with E-state index in [0.717, 1.165) is 15.2 Å². The van der Waals surface area contributed by atoms with Crippen LogP contribution in [0.25, 0.3) is 10.2 Å². The largest absolute Gasteiger partial charge is 0.453 e. The van der Waals surface area contributed by atoms with E-state index in [1.165, 1.54) is 7.11 Å². The zero-order chi connectivity index (χ0) is 15.4. The summed E-state index contributed by atoms with van der Waals surface area (Å²) in [7, 11) is 3.03. The average Bonchev–Trinajstić information content (AvgIpc) is 2.88. The number of hydrogen-bond donors (Lipinski definition) is 1. The number of nitrogens with one attached hydrogen (secondary N) is 1. The van der Waals surface area contributed by atoms with E-state index in [0.29, 0.717) is 6.54 Å². The SMILES string of the molecule is COC(=O)NC(=O)[C@@H](C)N(C)Cc1nc2ccccc2s1. The first kappa shape index (κ1) is 15.4. The summed E-state index contributed by atoms with van der Waals surface area (Å²) in [5, 5.41) is 3.09. The second-order valence-electron chi connectivity index (χ2n) is 4.65. The number of alkyl carbamates (subject to hydrolysis) is 1. The number of hydrogen-bond acceptors (Lipinski definition) is 6. The first-order valence-electron chi connectivity index (χ1n) is 6.44. The van der Waals surface area contributed by atoms with Crippen molar-refractivity contribution in [3.63, 3.8) is 0 Å². The van der Waals surface area contributed by atoms with E-state index < -0.39 is 18.0 Å². The zero-order valence-corrected chi connectivity index (χ0v) is 12.9. The summed E-state index contributed by atoms with van der Waals surface area (Å²) < 4.78 is 5.53. The first-order chi connectivity index (χ1) is 10.0. The average molecular weight is 307 g/mol. The van der Waals surface area contributed by atoms with Crippen LogP contribution in [0.2, 0.25) is 0 Å². The number of likely N-dealkylation sites (N-methyl/N-ethyl adjacent to an activating group) is 1. The molecular formula is C14H17N3O3S. The second kappa shape index (κ2) is 6.64. The maximum atomic E-state index is 11.8. The maximum absolute atomic E-state index is 11.8. The van der Waals surface area contributed by atoms with Gasteiger partial charge >= 0.3 is 6.09 Å². The Bertz CT molecular complexity index is 623. The molecule has 1 atom stereocenters. The molecule has 0 bridgehead atoms. The number of aromatic nitrogens is 1. The number of rotatable bonds is 4. The van der Waals surface area contributed by atoms with Gasteiger partial charge in [0.05, 0.1) is 29.9 Å². The summed E-state index contributed by atoms with van der Waals surface area (Å²) in [6.07, 6.45) is -0.750. The molecule has 0 aliphatic carbocycles. The number of amides is 2. The molecule has 7 heteroatoms. The lowest BCUT2D eigenvalue weighted by molar-refractivity contribution is -0.124. The lowest BCUT2D eigenvalue weighted by atomic mass is 10.3. The summed E-state index contributed by atoms with van der Waals surface area (Å²) in [5.41, 5.74) is 0.956. The highest BCUT2D eigenvalue weighted by Gasteiger charge is 2.21. The van der Waals surface area contributed by atoms with E-state index in [-0.39, 0.29) is 0 Å². The second-order valence-corrected chi connectivity index (χ2v) is 5.76. The Balaban J connectivity index is 2.01. The Morgan fingerprint density at radius 1 is 1.43 bits per heavy atom. The van der Waals surface area contributed by atoms with Gasteiger partial charge in [-0.15, -0.1) is 11.3 Å². The number of benzene rings is 1. The van der Waals surface area contributed by atoms with Crippen LogP contribution in [0.15, 0.2) is 24.3 Å². The van der Waals surface area contributed by atoms with Gasteiger partial charge in [-0.3, -0.25) is 15.0 Å². The molecule has 0 aliphatic heterocycles. The van der Waals surface area contributed by atoms with Crippen molar-refractivity contribution in [2.75, 3.05) is 14.2 Å². The van der Waals surface area contributed by atoms with Gasteiger partial charge in [0, 0.05) is 0 Å². The van der Waals surface area contributed by atoms with Crippen molar-refractivity contribution < 1.29 is 14.3 Å². The number of carbonyl (C=O) groups is 2. The molecule has 0 radical (unpaired) electrons. The van der Waals surface area contributed by atoms with Gasteiger partial charge in [-0.25, -0.2) is 9.78 Å². The Morgan fingerprint density at radius 2 is 2.14 bits per heavy atom. The third-order valence-electron chi connectivity index (χ3n) is 3.17. The molecule has 0 fully saturated rings. The van der Waals surface area contributed by atoms with Crippen molar-refractivity contribution in [3.8, 4) is 0 Å². The van der Waals surface area contributed by atoms with Crippen LogP contribution in [0.5, 0.6) is 0 Å². The summed E-state index contributed by atoms with van der Waals surface area (Å²) in [6.45, 7) is 2.26. The molecule has 1 aromatic carbocycles. The number of ether oxygens (including phenoxy) is 1. The van der Waals surface area contributed by atoms with Crippen LogP contribution in [0.4, 0.5) is 4.79 Å². The van der Waals surface area contributed by atoms with Crippen molar-refractivity contribution in [1.82, 2.24) is 15.2 Å². The predicted octanol–water partition coefficient (Wildman–Crippen LogP) is 2.00. The van der Waals surface area contributed by atoms with Crippen molar-refractivity contribution in [1.29, 1.82) is 0 Å². The number of fused-ring (bicyclic) bond motifs is 1. The Morgan fingerprint density at radius 3 is 2.81 bits per heavy atom. The van der Waals surface area contributed by atoms with Gasteiger partial charge < -0.3 is 4.74 Å². The summed E-state index contributed by atoms with van der Waals surface area (Å²) in [6, 6.07) is 7.44. The lowest BCUT2D eigenvalue weighted by Gasteiger charge is -2.22. The molecule has 1 aromatic heterocycles. The van der Waals surface area contributed by atoms with Crippen LogP contribution in [-0.2, 0) is 16.1 Å². The molecule has 0 spiro atoms. The van der Waals surface area contributed by atoms with E-state index >= 15 is 0 Å². The van der Waals surface area contributed by atoms with Crippen LogP contribution in [-0.4, -0.2) is 42.1 Å². The zero-order valence-electron chi connectivity index (χ0n) is 12.1. The maximum Gasteiger partial charge on any atom is 0.413 e. The molecule has 0 saturated carbocycles. The number of imide groups is 1. The first-order valence-corrected chi connectivity index (χ1v) is 7.26. The minimum absolute atomic E-state index is 0.398. The van der Waals surface area contributed by atoms with E-state index in [9.17, 15) is 9.59 Å². The topological polar surface area (TPSA) is 71.5 Å². The molecule has 2 rings (SSSR count). The third-order valence-corrected chi connectivity index (χ3v) is 4.20. The van der Waals surface area contributed by atoms with Crippen LogP contribution >= 0.6 is 11.3 Å². The van der Waals surface area contributed by atoms with Crippen LogP contribution < -0.4 is 5.32 Å². The van der Waals surface area contributed by atoms with Crippen LogP contribution in [0.3, 0.4) is 0 Å². The molecular weight excluding hydrogens is 290 g/mol. The van der Waals surface area contributed by atoms with E-state index in [1.807, 2.05) is 36.2 Å². The van der Waals surface area contributed by atoms with Crippen molar-refractivity contribution in [3.05, 3.63) is 29.3 Å². The van der Waals surface area contributed by atoms with Gasteiger partial charge in [0.15, 0.2) is 0 Å². The van der Waals surface area contributed by atoms with Gasteiger partial charge in [-0.1, -0.05) is 12.1 Å². The van der Waals surface area contributed by atoms with Gasteiger partial charge in [0.2, 0.25) is 5.91 Å². The smallest absolute Gasteiger partial charge is 0.413 e. The minimum Gasteiger partial charge on any atom is -0.453 e. The molecule has 1 N–H and O–H groups in total. The van der Waals surface area contributed by atoms with Crippen molar-refractivity contribution >= 4 is 33.6 Å². The highest BCUT2D eigenvalue weighted by molar-refractivity contribution is 7.18. The summed E-state index contributed by atoms with van der Waals surface area (Å²) >= 11 is 1.60. The standard InChI is InChI=1S/C14H17N3O3S/c1-9(13(18)16-14(19)20-3)17(2)8-12-15-10-6-4-5-7-11(10)21-12/h4-7,9H,8H2,1-3H3,(H,16,18,19)/t9-/m1/s1. The third kappa shape index (κ3) is 3.77. The summed E-state index contributed by atoms with van der Waals surface area (Å²) in [5.74, 6) is -0.398. The Hall–Kier alpha value is -1.99. The highest BCUT2D eigenvalue weighted by atomic mass is 32.1. The number of methoxy groups -OCH3 is 1. The molecule has 2 aromatic rings. The number of carbonyl (C=O) groups excluding carboxylic acids is 2. The number of thiazole rings is 1. The lowest BCUT2D eigenvalue weighted by Crippen LogP contribution is -2.45. The van der Waals surface area contributed by atoms with Gasteiger partial charge in [0.1, 0.15) is 5.01 Å². The highest BCUT2D eigenvalue weighted by Crippen LogP contribution is 2.22. The fourth-order valence-electron chi connectivity index (χ4n) is 1.79. The van der Waals surface area contributed by atoms with Crippen LogP contribution in [0.1, 0.15) is 11.9 Å².